The van der Waals surface area contributed by atoms with Crippen LogP contribution in [0.3, 0.4) is 0 Å². The number of carbonyl (C=O) groups excluding carboxylic acids is 1. The monoisotopic (exact) mass is 303 g/mol. The largest absolute Gasteiger partial charge is 0.465 e. The van der Waals surface area contributed by atoms with Crippen molar-refractivity contribution in [3.8, 4) is 17.2 Å². The van der Waals surface area contributed by atoms with E-state index < -0.39 is 0 Å². The van der Waals surface area contributed by atoms with Gasteiger partial charge < -0.3 is 4.74 Å². The molecule has 1 aromatic heterocycles. The molecule has 0 fully saturated rings. The molecule has 0 radical (unpaired) electrons. The maximum absolute atomic E-state index is 11.7. The minimum Gasteiger partial charge on any atom is -0.465 e. The van der Waals surface area contributed by atoms with Crippen LogP contribution < -0.4 is 0 Å². The first kappa shape index (κ1) is 14.7. The number of fused-ring (bicyclic) bond motifs is 1. The lowest BCUT2D eigenvalue weighted by Crippen LogP contribution is -2.01. The zero-order valence-corrected chi connectivity index (χ0v) is 12.7. The lowest BCUT2D eigenvalue weighted by atomic mass is 9.96. The quantitative estimate of drug-likeness (QED) is 0.679. The van der Waals surface area contributed by atoms with Gasteiger partial charge in [-0.15, -0.1) is 5.10 Å². The van der Waals surface area contributed by atoms with E-state index >= 15 is 0 Å². The molecule has 1 heterocycles. The Morgan fingerprint density at radius 2 is 2.04 bits per heavy atom. The third-order valence-electron chi connectivity index (χ3n) is 3.74. The zero-order chi connectivity index (χ0) is 16.4. The van der Waals surface area contributed by atoms with Gasteiger partial charge in [-0.25, -0.2) is 4.79 Å². The van der Waals surface area contributed by atoms with Crippen LogP contribution in [0.5, 0.6) is 0 Å². The molecule has 0 amide bonds. The molecule has 5 heteroatoms. The third-order valence-corrected chi connectivity index (χ3v) is 3.74. The second-order valence-corrected chi connectivity index (χ2v) is 5.13. The number of nitrogens with zero attached hydrogens (tertiary/aromatic N) is 3. The van der Waals surface area contributed by atoms with E-state index in [4.69, 9.17) is 10.00 Å². The molecular formula is C18H13N3O2. The SMILES string of the molecule is COC(=O)c1ccc(C)c(-c2ccc3c(C#N)nncc3c2)c1. The predicted octanol–water partition coefficient (Wildman–Crippen LogP) is 3.26. The van der Waals surface area contributed by atoms with Gasteiger partial charge in [0.25, 0.3) is 0 Å². The third kappa shape index (κ3) is 2.62. The van der Waals surface area contributed by atoms with Crippen LogP contribution >= 0.6 is 0 Å². The molecule has 5 nitrogen and oxygen atoms in total. The van der Waals surface area contributed by atoms with Crippen LogP contribution in [0.2, 0.25) is 0 Å². The highest BCUT2D eigenvalue weighted by molar-refractivity contribution is 5.93. The Morgan fingerprint density at radius 3 is 2.78 bits per heavy atom. The van der Waals surface area contributed by atoms with Crippen LogP contribution in [-0.2, 0) is 4.74 Å². The van der Waals surface area contributed by atoms with Crippen LogP contribution in [0.25, 0.3) is 21.9 Å². The van der Waals surface area contributed by atoms with Gasteiger partial charge in [-0.2, -0.15) is 10.4 Å². The molecule has 0 spiro atoms. The summed E-state index contributed by atoms with van der Waals surface area (Å²) in [5.74, 6) is -0.371. The average Bonchev–Trinajstić information content (AvgIpc) is 2.60. The van der Waals surface area contributed by atoms with Gasteiger partial charge in [0.1, 0.15) is 6.07 Å². The average molecular weight is 303 g/mol. The fraction of sp³-hybridized carbons (Fsp3) is 0.111. The first-order valence-corrected chi connectivity index (χ1v) is 6.99. The van der Waals surface area contributed by atoms with E-state index in [0.717, 1.165) is 27.5 Å². The molecule has 0 unspecified atom stereocenters. The van der Waals surface area contributed by atoms with E-state index in [1.54, 1.807) is 12.3 Å². The molecule has 3 rings (SSSR count). The molecule has 0 saturated heterocycles. The lowest BCUT2D eigenvalue weighted by Gasteiger charge is -2.09. The van der Waals surface area contributed by atoms with Crippen molar-refractivity contribution in [2.75, 3.05) is 7.11 Å². The van der Waals surface area contributed by atoms with Crippen LogP contribution in [0.4, 0.5) is 0 Å². The first-order chi connectivity index (χ1) is 11.1. The molecule has 0 aliphatic heterocycles. The van der Waals surface area contributed by atoms with Crippen LogP contribution in [-0.4, -0.2) is 23.3 Å². The summed E-state index contributed by atoms with van der Waals surface area (Å²) in [6.45, 7) is 1.98. The highest BCUT2D eigenvalue weighted by Gasteiger charge is 2.11. The Balaban J connectivity index is 2.17. The Labute approximate surface area is 133 Å². The molecule has 0 atom stereocenters. The molecule has 23 heavy (non-hydrogen) atoms. The van der Waals surface area contributed by atoms with Crippen molar-refractivity contribution < 1.29 is 9.53 Å². The fourth-order valence-corrected chi connectivity index (χ4v) is 2.52. The minimum atomic E-state index is -0.371. The number of hydrogen-bond donors (Lipinski definition) is 0. The van der Waals surface area contributed by atoms with Gasteiger partial charge in [0, 0.05) is 10.8 Å². The second-order valence-electron chi connectivity index (χ2n) is 5.13. The summed E-state index contributed by atoms with van der Waals surface area (Å²) in [4.78, 5) is 11.7. The molecule has 2 aromatic carbocycles. The van der Waals surface area contributed by atoms with Crippen LogP contribution in [0, 0.1) is 18.3 Å². The molecular weight excluding hydrogens is 290 g/mol. The molecule has 0 aliphatic rings. The van der Waals surface area contributed by atoms with Crippen molar-refractivity contribution in [2.45, 2.75) is 6.92 Å². The molecule has 0 aliphatic carbocycles. The van der Waals surface area contributed by atoms with Crippen LogP contribution in [0.1, 0.15) is 21.6 Å². The Bertz CT molecular complexity index is 958. The van der Waals surface area contributed by atoms with Gasteiger partial charge in [-0.1, -0.05) is 18.2 Å². The summed E-state index contributed by atoms with van der Waals surface area (Å²) < 4.78 is 4.77. The summed E-state index contributed by atoms with van der Waals surface area (Å²) in [5, 5.41) is 18.3. The summed E-state index contributed by atoms with van der Waals surface area (Å²) >= 11 is 0. The van der Waals surface area contributed by atoms with Crippen molar-refractivity contribution in [1.29, 1.82) is 5.26 Å². The molecule has 112 valence electrons. The molecule has 3 aromatic rings. The van der Waals surface area contributed by atoms with Crippen molar-refractivity contribution in [3.05, 3.63) is 59.4 Å². The summed E-state index contributed by atoms with van der Waals surface area (Å²) in [6, 6.07) is 13.2. The Morgan fingerprint density at radius 1 is 1.22 bits per heavy atom. The maximum atomic E-state index is 11.7. The minimum absolute atomic E-state index is 0.300. The Hall–Kier alpha value is -3.26. The van der Waals surface area contributed by atoms with Gasteiger partial charge >= 0.3 is 5.97 Å². The normalized spacial score (nSPS) is 10.3. The van der Waals surface area contributed by atoms with Crippen molar-refractivity contribution in [1.82, 2.24) is 10.2 Å². The maximum Gasteiger partial charge on any atom is 0.337 e. The summed E-state index contributed by atoms with van der Waals surface area (Å²) in [6.07, 6.45) is 1.62. The van der Waals surface area contributed by atoms with Gasteiger partial charge in [0.15, 0.2) is 5.69 Å². The number of esters is 1. The number of carbonyl (C=O) groups is 1. The smallest absolute Gasteiger partial charge is 0.337 e. The number of methoxy groups -OCH3 is 1. The van der Waals surface area contributed by atoms with E-state index in [-0.39, 0.29) is 5.97 Å². The second kappa shape index (κ2) is 5.85. The number of nitriles is 1. The van der Waals surface area contributed by atoms with Crippen molar-refractivity contribution >= 4 is 16.7 Å². The number of hydrogen-bond acceptors (Lipinski definition) is 5. The number of aromatic nitrogens is 2. The van der Waals surface area contributed by atoms with Gasteiger partial charge in [0.05, 0.1) is 18.9 Å². The van der Waals surface area contributed by atoms with Gasteiger partial charge in [-0.05, 0) is 41.8 Å². The van der Waals surface area contributed by atoms with Crippen molar-refractivity contribution in [2.24, 2.45) is 0 Å². The molecule has 0 bridgehead atoms. The van der Waals surface area contributed by atoms with E-state index in [0.29, 0.717) is 11.3 Å². The van der Waals surface area contributed by atoms with Gasteiger partial charge in [-0.3, -0.25) is 0 Å². The van der Waals surface area contributed by atoms with E-state index in [1.165, 1.54) is 7.11 Å². The summed E-state index contributed by atoms with van der Waals surface area (Å²) in [7, 11) is 1.36. The Kier molecular flexibility index (Phi) is 3.73. The predicted molar refractivity (Wildman–Crippen MR) is 85.8 cm³/mol. The topological polar surface area (TPSA) is 75.9 Å². The highest BCUT2D eigenvalue weighted by atomic mass is 16.5. The van der Waals surface area contributed by atoms with Gasteiger partial charge in [0.2, 0.25) is 0 Å². The number of aryl methyl sites for hydroxylation is 1. The van der Waals surface area contributed by atoms with E-state index in [9.17, 15) is 4.79 Å². The number of rotatable bonds is 2. The lowest BCUT2D eigenvalue weighted by molar-refractivity contribution is 0.0601. The standard InChI is InChI=1S/C18H13N3O2/c1-11-3-4-13(18(22)23-2)8-16(11)12-5-6-15-14(7-12)10-20-21-17(15)9-19/h3-8,10H,1-2H3. The zero-order valence-electron chi connectivity index (χ0n) is 12.7. The molecule has 0 N–H and O–H groups in total. The number of ether oxygens (including phenoxy) is 1. The fourth-order valence-electron chi connectivity index (χ4n) is 2.52. The van der Waals surface area contributed by atoms with E-state index in [1.807, 2.05) is 43.3 Å². The van der Waals surface area contributed by atoms with Crippen molar-refractivity contribution in [3.63, 3.8) is 0 Å². The number of benzene rings is 2. The van der Waals surface area contributed by atoms with Crippen LogP contribution in [0.15, 0.2) is 42.6 Å². The first-order valence-electron chi connectivity index (χ1n) is 6.99. The summed E-state index contributed by atoms with van der Waals surface area (Å²) in [5.41, 5.74) is 3.72. The highest BCUT2D eigenvalue weighted by Crippen LogP contribution is 2.28. The molecule has 0 saturated carbocycles. The van der Waals surface area contributed by atoms with E-state index in [2.05, 4.69) is 10.2 Å².